The van der Waals surface area contributed by atoms with Crippen molar-refractivity contribution in [2.24, 2.45) is 11.7 Å². The quantitative estimate of drug-likeness (QED) is 0.714. The van der Waals surface area contributed by atoms with Gasteiger partial charge < -0.3 is 21.2 Å². The molecular formula is C19H25F2N5O3. The van der Waals surface area contributed by atoms with E-state index in [9.17, 15) is 18.4 Å². The molecule has 0 spiro atoms. The van der Waals surface area contributed by atoms with Crippen LogP contribution < -0.4 is 32.5 Å². The Hall–Kier alpha value is -2.62. The molecule has 158 valence electrons. The molecule has 2 atom stereocenters. The lowest BCUT2D eigenvalue weighted by molar-refractivity contribution is -0.0250. The lowest BCUT2D eigenvalue weighted by Crippen LogP contribution is -2.44. The number of hydrogen-bond acceptors (Lipinski definition) is 6. The number of ether oxygens (including phenoxy) is 1. The summed E-state index contributed by atoms with van der Waals surface area (Å²) in [4.78, 5) is 26.7. The smallest absolute Gasteiger partial charge is 0.350 e. The molecule has 1 aliphatic heterocycles. The average molecular weight is 409 g/mol. The van der Waals surface area contributed by atoms with Crippen LogP contribution >= 0.6 is 0 Å². The first-order valence-corrected chi connectivity index (χ1v) is 9.67. The van der Waals surface area contributed by atoms with Crippen LogP contribution in [0, 0.1) is 5.92 Å². The fourth-order valence-electron chi connectivity index (χ4n) is 4.25. The first kappa shape index (κ1) is 19.7. The molecule has 1 saturated heterocycles. The second-order valence-electron chi connectivity index (χ2n) is 8.12. The lowest BCUT2D eigenvalue weighted by Gasteiger charge is -2.23. The summed E-state index contributed by atoms with van der Waals surface area (Å²) in [6.07, 6.45) is 1.75. The average Bonchev–Trinajstić information content (AvgIpc) is 3.44. The topological polar surface area (TPSA) is 109 Å². The van der Waals surface area contributed by atoms with Crippen molar-refractivity contribution < 1.29 is 13.5 Å². The molecule has 1 aliphatic carbocycles. The zero-order valence-electron chi connectivity index (χ0n) is 16.4. The van der Waals surface area contributed by atoms with Crippen molar-refractivity contribution in [3.05, 3.63) is 33.0 Å². The number of rotatable bonds is 5. The molecule has 2 aliphatic rings. The first-order chi connectivity index (χ1) is 13.7. The van der Waals surface area contributed by atoms with Gasteiger partial charge in [0.1, 0.15) is 5.52 Å². The van der Waals surface area contributed by atoms with E-state index < -0.39 is 29.6 Å². The normalized spacial score (nSPS) is 22.2. The van der Waals surface area contributed by atoms with Crippen LogP contribution in [0.4, 0.5) is 14.5 Å². The van der Waals surface area contributed by atoms with Crippen LogP contribution in [0.5, 0.6) is 5.75 Å². The summed E-state index contributed by atoms with van der Waals surface area (Å²) in [6, 6.07) is 2.67. The number of nitrogens with zero attached hydrogens (tertiary/aromatic N) is 3. The summed E-state index contributed by atoms with van der Waals surface area (Å²) in [7, 11) is 1.40. The van der Waals surface area contributed by atoms with Gasteiger partial charge in [0.25, 0.3) is 11.5 Å². The number of hydrogen-bond donors (Lipinski definition) is 2. The third-order valence-electron chi connectivity index (χ3n) is 5.77. The Bertz CT molecular complexity index is 1070. The predicted molar refractivity (Wildman–Crippen MR) is 106 cm³/mol. The summed E-state index contributed by atoms with van der Waals surface area (Å²) in [5.74, 6) is 2.13. The van der Waals surface area contributed by atoms with Gasteiger partial charge in [0, 0.05) is 24.5 Å². The Morgan fingerprint density at radius 3 is 2.59 bits per heavy atom. The van der Waals surface area contributed by atoms with Crippen LogP contribution in [0.25, 0.3) is 10.9 Å². The number of aromatic nitrogens is 2. The minimum absolute atomic E-state index is 0.0876. The van der Waals surface area contributed by atoms with Crippen LogP contribution in [0.2, 0.25) is 0 Å². The summed E-state index contributed by atoms with van der Waals surface area (Å²) in [5.41, 5.74) is 5.20. The zero-order valence-corrected chi connectivity index (χ0v) is 16.4. The Kier molecular flexibility index (Phi) is 4.56. The number of halogens is 2. The van der Waals surface area contributed by atoms with Crippen LogP contribution in [0.3, 0.4) is 0 Å². The fourth-order valence-corrected chi connectivity index (χ4v) is 4.25. The Labute approximate surface area is 165 Å². The number of alkyl halides is 2. The van der Waals surface area contributed by atoms with E-state index in [2.05, 4.69) is 0 Å². The maximum Gasteiger partial charge on any atom is 0.350 e. The summed E-state index contributed by atoms with van der Waals surface area (Å²) in [5, 5.41) is 0.220. The third-order valence-corrected chi connectivity index (χ3v) is 5.77. The van der Waals surface area contributed by atoms with E-state index >= 15 is 0 Å². The van der Waals surface area contributed by atoms with Gasteiger partial charge in [-0.1, -0.05) is 0 Å². The highest BCUT2D eigenvalue weighted by Gasteiger charge is 2.48. The van der Waals surface area contributed by atoms with Crippen molar-refractivity contribution in [1.29, 1.82) is 0 Å². The number of nitrogen functional groups attached to an aromatic ring is 1. The van der Waals surface area contributed by atoms with Gasteiger partial charge in [0.2, 0.25) is 0 Å². The van der Waals surface area contributed by atoms with Gasteiger partial charge >= 0.3 is 5.69 Å². The maximum atomic E-state index is 14.6. The maximum absolute atomic E-state index is 14.6. The number of benzene rings is 1. The molecule has 10 heteroatoms. The van der Waals surface area contributed by atoms with Gasteiger partial charge in [-0.05, 0) is 38.3 Å². The minimum atomic E-state index is -2.90. The number of nitrogens with two attached hydrogens (primary N) is 2. The van der Waals surface area contributed by atoms with Crippen molar-refractivity contribution in [3.63, 3.8) is 0 Å². The zero-order chi connectivity index (χ0) is 21.1. The van der Waals surface area contributed by atoms with E-state index in [0.717, 1.165) is 12.8 Å². The largest absolute Gasteiger partial charge is 0.492 e. The van der Waals surface area contributed by atoms with Gasteiger partial charge in [-0.15, -0.1) is 0 Å². The van der Waals surface area contributed by atoms with Crippen LogP contribution in [-0.4, -0.2) is 41.4 Å². The van der Waals surface area contributed by atoms with Crippen LogP contribution in [0.1, 0.15) is 32.2 Å². The van der Waals surface area contributed by atoms with E-state index in [1.165, 1.54) is 17.7 Å². The van der Waals surface area contributed by atoms with Crippen LogP contribution in [-0.2, 0) is 0 Å². The Balaban J connectivity index is 1.89. The van der Waals surface area contributed by atoms with Gasteiger partial charge in [0.15, 0.2) is 5.75 Å². The van der Waals surface area contributed by atoms with Crippen molar-refractivity contribution in [1.82, 2.24) is 9.24 Å². The molecule has 1 aromatic carbocycles. The molecule has 4 N–H and O–H groups in total. The van der Waals surface area contributed by atoms with Gasteiger partial charge in [-0.2, -0.15) is 4.68 Å². The molecule has 0 radical (unpaired) electrons. The van der Waals surface area contributed by atoms with Crippen molar-refractivity contribution in [3.8, 4) is 5.75 Å². The second-order valence-corrected chi connectivity index (χ2v) is 8.12. The molecule has 0 bridgehead atoms. The standard InChI is InChI=1S/C19H25F2N5O3/c1-10(22)7-11-8-24(9-19(11,20)21)14-6-5-13-15(16(14)29-2)25(12-3-4-12)18(28)26(23)17(13)27/h5-6,10-12H,3-4,7-9,22-23H2,1-2H3. The predicted octanol–water partition coefficient (Wildman–Crippen LogP) is 1.03. The number of anilines is 1. The molecule has 2 heterocycles. The molecule has 0 amide bonds. The lowest BCUT2D eigenvalue weighted by atomic mass is 9.97. The highest BCUT2D eigenvalue weighted by Crippen LogP contribution is 2.44. The molecule has 4 rings (SSSR count). The monoisotopic (exact) mass is 409 g/mol. The molecule has 2 unspecified atom stereocenters. The van der Waals surface area contributed by atoms with E-state index in [-0.39, 0.29) is 36.2 Å². The summed E-state index contributed by atoms with van der Waals surface area (Å²) >= 11 is 0. The van der Waals surface area contributed by atoms with E-state index in [1.54, 1.807) is 17.9 Å². The van der Waals surface area contributed by atoms with Crippen LogP contribution in [0.15, 0.2) is 21.7 Å². The van der Waals surface area contributed by atoms with Crippen molar-refractivity contribution in [2.75, 3.05) is 30.9 Å². The van der Waals surface area contributed by atoms with Gasteiger partial charge in [-0.3, -0.25) is 9.36 Å². The SMILES string of the molecule is COc1c(N2CC(CC(C)N)C(F)(F)C2)ccc2c(=O)n(N)c(=O)n(C3CC3)c12. The number of methoxy groups -OCH3 is 1. The van der Waals surface area contributed by atoms with E-state index in [4.69, 9.17) is 16.3 Å². The van der Waals surface area contributed by atoms with Crippen molar-refractivity contribution in [2.45, 2.75) is 44.2 Å². The summed E-state index contributed by atoms with van der Waals surface area (Å²) in [6.45, 7) is 1.34. The van der Waals surface area contributed by atoms with E-state index in [1.807, 2.05) is 0 Å². The number of fused-ring (bicyclic) bond motifs is 1. The molecule has 8 nitrogen and oxygen atoms in total. The highest BCUT2D eigenvalue weighted by atomic mass is 19.3. The Morgan fingerprint density at radius 1 is 1.31 bits per heavy atom. The molecule has 29 heavy (non-hydrogen) atoms. The third kappa shape index (κ3) is 3.15. The highest BCUT2D eigenvalue weighted by molar-refractivity contribution is 5.91. The molecule has 2 aromatic rings. The minimum Gasteiger partial charge on any atom is -0.492 e. The van der Waals surface area contributed by atoms with Gasteiger partial charge in [0.05, 0.1) is 24.7 Å². The fraction of sp³-hybridized carbons (Fsp3) is 0.579. The molecule has 1 saturated carbocycles. The van der Waals surface area contributed by atoms with Crippen molar-refractivity contribution >= 4 is 16.6 Å². The molecule has 1 aromatic heterocycles. The second kappa shape index (κ2) is 6.72. The first-order valence-electron chi connectivity index (χ1n) is 9.67. The van der Waals surface area contributed by atoms with Gasteiger partial charge in [-0.25, -0.2) is 13.6 Å². The van der Waals surface area contributed by atoms with E-state index in [0.29, 0.717) is 15.9 Å². The molecular weight excluding hydrogens is 384 g/mol. The summed E-state index contributed by atoms with van der Waals surface area (Å²) < 4.78 is 36.8. The molecule has 2 fully saturated rings. The Morgan fingerprint density at radius 2 is 2.00 bits per heavy atom.